The number of rotatable bonds is 5. The van der Waals surface area contributed by atoms with Crippen LogP contribution in [0.3, 0.4) is 0 Å². The Labute approximate surface area is 137 Å². The molecule has 2 aromatic rings. The molecule has 0 aliphatic heterocycles. The van der Waals surface area contributed by atoms with Gasteiger partial charge in [-0.2, -0.15) is 0 Å². The van der Waals surface area contributed by atoms with Crippen molar-refractivity contribution in [1.82, 2.24) is 10.2 Å². The number of carbonyl (C=O) groups excluding carboxylic acids is 1. The summed E-state index contributed by atoms with van der Waals surface area (Å²) in [7, 11) is 3.92. The van der Waals surface area contributed by atoms with Gasteiger partial charge in [0.2, 0.25) is 0 Å². The summed E-state index contributed by atoms with van der Waals surface area (Å²) in [5.41, 5.74) is 0.373. The van der Waals surface area contributed by atoms with Gasteiger partial charge in [0.05, 0.1) is 16.8 Å². The molecule has 4 nitrogen and oxygen atoms in total. The first kappa shape index (κ1) is 16.7. The number of benzene rings is 1. The summed E-state index contributed by atoms with van der Waals surface area (Å²) < 4.78 is 13.0. The highest BCUT2D eigenvalue weighted by Gasteiger charge is 2.16. The van der Waals surface area contributed by atoms with E-state index in [-0.39, 0.29) is 17.1 Å². The molecule has 2 rings (SSSR count). The van der Waals surface area contributed by atoms with Crippen LogP contribution in [-0.4, -0.2) is 31.6 Å². The minimum absolute atomic E-state index is 0.0921. The molecule has 118 valence electrons. The predicted octanol–water partition coefficient (Wildman–Crippen LogP) is 3.97. The van der Waals surface area contributed by atoms with Crippen molar-refractivity contribution in [3.8, 4) is 0 Å². The van der Waals surface area contributed by atoms with E-state index in [4.69, 9.17) is 11.6 Å². The van der Waals surface area contributed by atoms with Gasteiger partial charge in [-0.1, -0.05) is 17.7 Å². The predicted molar refractivity (Wildman–Crippen MR) is 89.2 cm³/mol. The largest absolute Gasteiger partial charge is 0.336 e. The molecule has 0 aliphatic rings. The number of amides is 2. The second-order valence-corrected chi connectivity index (χ2v) is 6.34. The molecule has 0 fully saturated rings. The minimum Gasteiger partial charge on any atom is -0.336 e. The summed E-state index contributed by atoms with van der Waals surface area (Å²) >= 11 is 7.52. The first-order valence-electron chi connectivity index (χ1n) is 6.67. The van der Waals surface area contributed by atoms with Crippen molar-refractivity contribution in [1.29, 1.82) is 0 Å². The van der Waals surface area contributed by atoms with Crippen LogP contribution in [0.5, 0.6) is 0 Å². The summed E-state index contributed by atoms with van der Waals surface area (Å²) in [6, 6.07) is 7.56. The zero-order valence-corrected chi connectivity index (χ0v) is 13.8. The third-order valence-corrected chi connectivity index (χ3v) is 4.42. The van der Waals surface area contributed by atoms with E-state index in [9.17, 15) is 9.18 Å². The Morgan fingerprint density at radius 1 is 1.41 bits per heavy atom. The Bertz CT molecular complexity index is 634. The second kappa shape index (κ2) is 7.58. The van der Waals surface area contributed by atoms with E-state index < -0.39 is 5.82 Å². The number of urea groups is 1. The standard InChI is InChI=1S/C15H17ClFN3OS/c1-20(2)13(14-4-3-7-22-14)9-18-15(21)19-12-6-5-10(17)8-11(12)16/h3-8,13H,9H2,1-2H3,(H2,18,19,21). The van der Waals surface area contributed by atoms with Crippen LogP contribution in [0.1, 0.15) is 10.9 Å². The maximum atomic E-state index is 13.0. The third kappa shape index (κ3) is 4.43. The van der Waals surface area contributed by atoms with Gasteiger partial charge in [-0.3, -0.25) is 0 Å². The quantitative estimate of drug-likeness (QED) is 0.864. The molecule has 0 saturated heterocycles. The maximum absolute atomic E-state index is 13.0. The molecule has 0 spiro atoms. The normalized spacial score (nSPS) is 12.2. The van der Waals surface area contributed by atoms with Gasteiger partial charge in [-0.15, -0.1) is 11.3 Å². The first-order valence-corrected chi connectivity index (χ1v) is 7.93. The molecular formula is C15H17ClFN3OS. The molecule has 0 aliphatic carbocycles. The SMILES string of the molecule is CN(C)C(CNC(=O)Nc1ccc(F)cc1Cl)c1cccs1. The number of carbonyl (C=O) groups is 1. The summed E-state index contributed by atoms with van der Waals surface area (Å²) in [5.74, 6) is -0.443. The van der Waals surface area contributed by atoms with Crippen molar-refractivity contribution in [2.75, 3.05) is 26.0 Å². The van der Waals surface area contributed by atoms with Crippen molar-refractivity contribution in [2.24, 2.45) is 0 Å². The molecule has 2 N–H and O–H groups in total. The molecule has 2 amide bonds. The van der Waals surface area contributed by atoms with Crippen molar-refractivity contribution >= 4 is 34.7 Å². The monoisotopic (exact) mass is 341 g/mol. The molecule has 1 aromatic heterocycles. The number of likely N-dealkylation sites (N-methyl/N-ethyl adjacent to an activating group) is 1. The Hall–Kier alpha value is -1.63. The van der Waals surface area contributed by atoms with Gasteiger partial charge in [0.1, 0.15) is 5.82 Å². The lowest BCUT2D eigenvalue weighted by Crippen LogP contribution is -2.36. The molecule has 1 aromatic carbocycles. The van der Waals surface area contributed by atoms with E-state index in [2.05, 4.69) is 10.6 Å². The van der Waals surface area contributed by atoms with Crippen LogP contribution in [-0.2, 0) is 0 Å². The average molecular weight is 342 g/mol. The summed E-state index contributed by atoms with van der Waals surface area (Å²) in [5, 5.41) is 7.59. The maximum Gasteiger partial charge on any atom is 0.319 e. The molecule has 22 heavy (non-hydrogen) atoms. The van der Waals surface area contributed by atoms with Crippen LogP contribution in [0.15, 0.2) is 35.7 Å². The number of nitrogens with zero attached hydrogens (tertiary/aromatic N) is 1. The highest BCUT2D eigenvalue weighted by Crippen LogP contribution is 2.23. The van der Waals surface area contributed by atoms with Gasteiger partial charge < -0.3 is 15.5 Å². The fourth-order valence-corrected chi connectivity index (χ4v) is 3.10. The number of anilines is 1. The van der Waals surface area contributed by atoms with Crippen LogP contribution in [0.4, 0.5) is 14.9 Å². The highest BCUT2D eigenvalue weighted by atomic mass is 35.5. The molecular weight excluding hydrogens is 325 g/mol. The van der Waals surface area contributed by atoms with Gasteiger partial charge in [0.25, 0.3) is 0 Å². The van der Waals surface area contributed by atoms with Crippen molar-refractivity contribution in [2.45, 2.75) is 6.04 Å². The zero-order valence-electron chi connectivity index (χ0n) is 12.3. The lowest BCUT2D eigenvalue weighted by molar-refractivity contribution is 0.244. The van der Waals surface area contributed by atoms with Crippen LogP contribution >= 0.6 is 22.9 Å². The van der Waals surface area contributed by atoms with Crippen LogP contribution in [0, 0.1) is 5.82 Å². The first-order chi connectivity index (χ1) is 10.5. The second-order valence-electron chi connectivity index (χ2n) is 4.95. The molecule has 0 radical (unpaired) electrons. The molecule has 1 unspecified atom stereocenters. The fourth-order valence-electron chi connectivity index (χ4n) is 1.97. The van der Waals surface area contributed by atoms with Gasteiger partial charge >= 0.3 is 6.03 Å². The van der Waals surface area contributed by atoms with Crippen molar-refractivity contribution in [3.05, 3.63) is 51.4 Å². The topological polar surface area (TPSA) is 44.4 Å². The van der Waals surface area contributed by atoms with E-state index in [1.54, 1.807) is 11.3 Å². The molecule has 0 saturated carbocycles. The van der Waals surface area contributed by atoms with E-state index in [0.29, 0.717) is 12.2 Å². The van der Waals surface area contributed by atoms with Gasteiger partial charge in [-0.25, -0.2) is 9.18 Å². The molecule has 0 bridgehead atoms. The number of thiophene rings is 1. The molecule has 7 heteroatoms. The number of halogens is 2. The van der Waals surface area contributed by atoms with Crippen LogP contribution in [0.2, 0.25) is 5.02 Å². The number of hydrogen-bond donors (Lipinski definition) is 2. The minimum atomic E-state index is -0.443. The van der Waals surface area contributed by atoms with Crippen molar-refractivity contribution in [3.63, 3.8) is 0 Å². The molecule has 1 heterocycles. The fraction of sp³-hybridized carbons (Fsp3) is 0.267. The van der Waals surface area contributed by atoms with Gasteiger partial charge in [0, 0.05) is 11.4 Å². The summed E-state index contributed by atoms with van der Waals surface area (Å²) in [6.45, 7) is 0.457. The lowest BCUT2D eigenvalue weighted by Gasteiger charge is -2.23. The average Bonchev–Trinajstić information content (AvgIpc) is 2.96. The number of nitrogens with one attached hydrogen (secondary N) is 2. The van der Waals surface area contributed by atoms with Gasteiger partial charge in [0.15, 0.2) is 0 Å². The van der Waals surface area contributed by atoms with E-state index in [0.717, 1.165) is 6.07 Å². The van der Waals surface area contributed by atoms with Gasteiger partial charge in [-0.05, 0) is 43.7 Å². The summed E-state index contributed by atoms with van der Waals surface area (Å²) in [6.07, 6.45) is 0. The highest BCUT2D eigenvalue weighted by molar-refractivity contribution is 7.10. The van der Waals surface area contributed by atoms with E-state index in [1.807, 2.05) is 36.5 Å². The van der Waals surface area contributed by atoms with E-state index >= 15 is 0 Å². The zero-order chi connectivity index (χ0) is 16.1. The summed E-state index contributed by atoms with van der Waals surface area (Å²) in [4.78, 5) is 15.2. The Morgan fingerprint density at radius 3 is 2.77 bits per heavy atom. The Kier molecular flexibility index (Phi) is 5.76. The van der Waals surface area contributed by atoms with E-state index in [1.165, 1.54) is 17.0 Å². The lowest BCUT2D eigenvalue weighted by atomic mass is 10.2. The van der Waals surface area contributed by atoms with Crippen LogP contribution < -0.4 is 10.6 Å². The third-order valence-electron chi connectivity index (χ3n) is 3.13. The Morgan fingerprint density at radius 2 is 2.18 bits per heavy atom. The molecule has 1 atom stereocenters. The number of hydrogen-bond acceptors (Lipinski definition) is 3. The smallest absolute Gasteiger partial charge is 0.319 e. The van der Waals surface area contributed by atoms with Crippen LogP contribution in [0.25, 0.3) is 0 Å². The Balaban J connectivity index is 1.94. The van der Waals surface area contributed by atoms with Crippen molar-refractivity contribution < 1.29 is 9.18 Å².